The lowest BCUT2D eigenvalue weighted by atomic mass is 10.3. The van der Waals surface area contributed by atoms with Crippen molar-refractivity contribution in [3.63, 3.8) is 0 Å². The smallest absolute Gasteiger partial charge is 0.262 e. The number of rotatable bonds is 3. The van der Waals surface area contributed by atoms with Gasteiger partial charge in [-0.05, 0) is 19.4 Å². The Morgan fingerprint density at radius 2 is 2.32 bits per heavy atom. The molecule has 3 N–H and O–H groups in total. The highest BCUT2D eigenvalue weighted by Gasteiger charge is 2.08. The van der Waals surface area contributed by atoms with Gasteiger partial charge in [0.2, 0.25) is 5.95 Å². The molecule has 3 aromatic rings. The molecule has 0 atom stereocenters. The highest BCUT2D eigenvalue weighted by Crippen LogP contribution is 2.14. The van der Waals surface area contributed by atoms with E-state index >= 15 is 0 Å². The predicted octanol–water partition coefficient (Wildman–Crippen LogP) is 1.52. The molecule has 0 bridgehead atoms. The number of aromatic nitrogens is 5. The van der Waals surface area contributed by atoms with Crippen molar-refractivity contribution in [2.75, 3.05) is 5.32 Å². The summed E-state index contributed by atoms with van der Waals surface area (Å²) in [7, 11) is 0. The lowest BCUT2D eigenvalue weighted by molar-refractivity contribution is 0.660. The van der Waals surface area contributed by atoms with Gasteiger partial charge in [0.15, 0.2) is 0 Å². The van der Waals surface area contributed by atoms with E-state index in [2.05, 4.69) is 25.4 Å². The van der Waals surface area contributed by atoms with Crippen LogP contribution < -0.4 is 10.9 Å². The standard InChI is InChI=1S/C12H14N6O/c1-3-18-6-8(5-14-18)15-12-16-10-9(11(19)17-12)7(2)4-13-10/h4-6H,3H2,1-2H3,(H3,13,15,16,17,19). The van der Waals surface area contributed by atoms with Crippen molar-refractivity contribution in [2.45, 2.75) is 20.4 Å². The Hall–Kier alpha value is -2.57. The second-order valence-electron chi connectivity index (χ2n) is 4.32. The molecule has 0 aromatic carbocycles. The Morgan fingerprint density at radius 3 is 3.05 bits per heavy atom. The van der Waals surface area contributed by atoms with Crippen LogP contribution in [0.25, 0.3) is 11.0 Å². The van der Waals surface area contributed by atoms with E-state index in [9.17, 15) is 4.79 Å². The van der Waals surface area contributed by atoms with Crippen LogP contribution in [-0.4, -0.2) is 24.7 Å². The first-order valence-electron chi connectivity index (χ1n) is 6.05. The second kappa shape index (κ2) is 4.27. The summed E-state index contributed by atoms with van der Waals surface area (Å²) in [5.74, 6) is 0.398. The van der Waals surface area contributed by atoms with Crippen LogP contribution in [0.5, 0.6) is 0 Å². The van der Waals surface area contributed by atoms with Gasteiger partial charge in [-0.1, -0.05) is 0 Å². The van der Waals surface area contributed by atoms with Crippen molar-refractivity contribution in [2.24, 2.45) is 0 Å². The highest BCUT2D eigenvalue weighted by atomic mass is 16.1. The Kier molecular flexibility index (Phi) is 2.59. The molecule has 0 aliphatic carbocycles. The van der Waals surface area contributed by atoms with Gasteiger partial charge in [-0.15, -0.1) is 0 Å². The van der Waals surface area contributed by atoms with Gasteiger partial charge in [-0.25, -0.2) is 0 Å². The van der Waals surface area contributed by atoms with Crippen LogP contribution in [0.15, 0.2) is 23.4 Å². The highest BCUT2D eigenvalue weighted by molar-refractivity contribution is 5.79. The maximum Gasteiger partial charge on any atom is 0.262 e. The molecule has 3 aromatic heterocycles. The molecule has 0 aliphatic heterocycles. The van der Waals surface area contributed by atoms with Crippen molar-refractivity contribution in [3.8, 4) is 0 Å². The summed E-state index contributed by atoms with van der Waals surface area (Å²) < 4.78 is 1.79. The quantitative estimate of drug-likeness (QED) is 0.664. The van der Waals surface area contributed by atoms with Gasteiger partial charge in [0.1, 0.15) is 5.65 Å². The molecule has 0 unspecified atom stereocenters. The molecule has 0 radical (unpaired) electrons. The minimum Gasteiger partial charge on any atom is -0.346 e. The van der Waals surface area contributed by atoms with Gasteiger partial charge in [-0.3, -0.25) is 14.5 Å². The van der Waals surface area contributed by atoms with Crippen molar-refractivity contribution in [1.29, 1.82) is 0 Å². The molecule has 0 saturated carbocycles. The van der Waals surface area contributed by atoms with Crippen LogP contribution in [0.1, 0.15) is 12.5 Å². The van der Waals surface area contributed by atoms with E-state index in [4.69, 9.17) is 0 Å². The van der Waals surface area contributed by atoms with Gasteiger partial charge < -0.3 is 10.3 Å². The molecular formula is C12H14N6O. The van der Waals surface area contributed by atoms with E-state index in [-0.39, 0.29) is 5.56 Å². The third-order valence-corrected chi connectivity index (χ3v) is 2.96. The number of aryl methyl sites for hydroxylation is 2. The minimum absolute atomic E-state index is 0.158. The van der Waals surface area contributed by atoms with Gasteiger partial charge in [0, 0.05) is 18.9 Å². The number of hydrogen-bond acceptors (Lipinski definition) is 4. The summed E-state index contributed by atoms with van der Waals surface area (Å²) in [6.45, 7) is 4.67. The Labute approximate surface area is 108 Å². The fourth-order valence-electron chi connectivity index (χ4n) is 1.99. The zero-order valence-electron chi connectivity index (χ0n) is 10.7. The van der Waals surface area contributed by atoms with E-state index in [0.717, 1.165) is 17.8 Å². The number of nitrogens with zero attached hydrogens (tertiary/aromatic N) is 3. The first-order chi connectivity index (χ1) is 9.17. The predicted molar refractivity (Wildman–Crippen MR) is 72.6 cm³/mol. The van der Waals surface area contributed by atoms with Crippen LogP contribution in [-0.2, 0) is 6.54 Å². The van der Waals surface area contributed by atoms with Gasteiger partial charge in [-0.2, -0.15) is 10.1 Å². The summed E-state index contributed by atoms with van der Waals surface area (Å²) in [5, 5.41) is 7.77. The fourth-order valence-corrected chi connectivity index (χ4v) is 1.99. The fraction of sp³-hybridized carbons (Fsp3) is 0.250. The van der Waals surface area contributed by atoms with E-state index in [1.165, 1.54) is 0 Å². The molecule has 7 nitrogen and oxygen atoms in total. The number of anilines is 2. The number of nitrogens with one attached hydrogen (secondary N) is 3. The summed E-state index contributed by atoms with van der Waals surface area (Å²) in [6, 6.07) is 0. The largest absolute Gasteiger partial charge is 0.346 e. The normalized spacial score (nSPS) is 11.1. The molecular weight excluding hydrogens is 244 g/mol. The van der Waals surface area contributed by atoms with Gasteiger partial charge in [0.25, 0.3) is 5.56 Å². The second-order valence-corrected chi connectivity index (χ2v) is 4.32. The summed E-state index contributed by atoms with van der Waals surface area (Å²) in [4.78, 5) is 22.0. The lowest BCUT2D eigenvalue weighted by Crippen LogP contribution is -2.11. The zero-order chi connectivity index (χ0) is 13.4. The molecule has 98 valence electrons. The zero-order valence-corrected chi connectivity index (χ0v) is 10.7. The van der Waals surface area contributed by atoms with Crippen molar-refractivity contribution in [3.05, 3.63) is 34.5 Å². The molecule has 0 amide bonds. The van der Waals surface area contributed by atoms with Gasteiger partial charge in [0.05, 0.1) is 17.3 Å². The van der Waals surface area contributed by atoms with Crippen LogP contribution >= 0.6 is 0 Å². The van der Waals surface area contributed by atoms with E-state index < -0.39 is 0 Å². The van der Waals surface area contributed by atoms with Crippen LogP contribution in [0.3, 0.4) is 0 Å². The summed E-state index contributed by atoms with van der Waals surface area (Å²) >= 11 is 0. The Bertz CT molecular complexity index is 781. The topological polar surface area (TPSA) is 91.4 Å². The average molecular weight is 258 g/mol. The Balaban J connectivity index is 1.99. The van der Waals surface area contributed by atoms with Gasteiger partial charge >= 0.3 is 0 Å². The monoisotopic (exact) mass is 258 g/mol. The third-order valence-electron chi connectivity index (χ3n) is 2.96. The molecule has 3 heterocycles. The average Bonchev–Trinajstić information content (AvgIpc) is 2.97. The van der Waals surface area contributed by atoms with Crippen molar-refractivity contribution < 1.29 is 0 Å². The lowest BCUT2D eigenvalue weighted by Gasteiger charge is -2.02. The molecule has 0 fully saturated rings. The van der Waals surface area contributed by atoms with E-state index in [1.807, 2.05) is 20.0 Å². The minimum atomic E-state index is -0.158. The molecule has 0 saturated heterocycles. The van der Waals surface area contributed by atoms with E-state index in [0.29, 0.717) is 17.0 Å². The maximum absolute atomic E-state index is 12.0. The van der Waals surface area contributed by atoms with Crippen LogP contribution in [0.2, 0.25) is 0 Å². The maximum atomic E-state index is 12.0. The third kappa shape index (κ3) is 1.99. The summed E-state index contributed by atoms with van der Waals surface area (Å²) in [6.07, 6.45) is 5.31. The number of hydrogen-bond donors (Lipinski definition) is 3. The van der Waals surface area contributed by atoms with Crippen molar-refractivity contribution >= 4 is 22.7 Å². The number of aromatic amines is 2. The van der Waals surface area contributed by atoms with E-state index in [1.54, 1.807) is 17.1 Å². The number of H-pyrrole nitrogens is 2. The SMILES string of the molecule is CCn1cc(Nc2nc3[nH]cc(C)c3c(=O)[nH]2)cn1. The molecule has 7 heteroatoms. The van der Waals surface area contributed by atoms with Crippen LogP contribution in [0, 0.1) is 6.92 Å². The van der Waals surface area contributed by atoms with Crippen molar-refractivity contribution in [1.82, 2.24) is 24.7 Å². The molecule has 19 heavy (non-hydrogen) atoms. The first kappa shape index (κ1) is 11.5. The first-order valence-corrected chi connectivity index (χ1v) is 6.05. The number of fused-ring (bicyclic) bond motifs is 1. The molecule has 3 rings (SSSR count). The van der Waals surface area contributed by atoms with Crippen LogP contribution in [0.4, 0.5) is 11.6 Å². The molecule has 0 aliphatic rings. The Morgan fingerprint density at radius 1 is 1.47 bits per heavy atom. The molecule has 0 spiro atoms. The summed E-state index contributed by atoms with van der Waals surface area (Å²) in [5.41, 5.74) is 2.09.